The molecular weight excluding hydrogens is 238 g/mol. The Morgan fingerprint density at radius 1 is 1.39 bits per heavy atom. The molecule has 1 aromatic rings. The first-order valence-corrected chi connectivity index (χ1v) is 5.24. The zero-order chi connectivity index (χ0) is 13.3. The van der Waals surface area contributed by atoms with Crippen molar-refractivity contribution in [1.82, 2.24) is 15.5 Å². The van der Waals surface area contributed by atoms with E-state index in [9.17, 15) is 14.7 Å². The first kappa shape index (κ1) is 12.0. The molecule has 1 aliphatic rings. The van der Waals surface area contributed by atoms with Crippen LogP contribution in [-0.2, 0) is 0 Å². The molecule has 1 unspecified atom stereocenters. The number of carbonyl (C=O) groups is 2. The Balaban J connectivity index is 2.41. The Morgan fingerprint density at radius 2 is 2.11 bits per heavy atom. The number of imide groups is 1. The van der Waals surface area contributed by atoms with E-state index in [1.54, 1.807) is 18.2 Å². The molecule has 1 aliphatic heterocycles. The molecule has 1 atom stereocenters. The maximum absolute atomic E-state index is 11.5. The van der Waals surface area contributed by atoms with Crippen molar-refractivity contribution in [2.24, 2.45) is 0 Å². The number of nitrogens with zero attached hydrogens (tertiary/aromatic N) is 1. The normalized spacial score (nSPS) is 19.2. The summed E-state index contributed by atoms with van der Waals surface area (Å²) in [5.41, 5.74) is 0.389. The molecule has 1 aromatic carbocycles. The molecule has 0 aliphatic carbocycles. The highest BCUT2D eigenvalue weighted by Crippen LogP contribution is 2.34. The van der Waals surface area contributed by atoms with Gasteiger partial charge in [0.2, 0.25) is 0 Å². The molecule has 0 bridgehead atoms. The van der Waals surface area contributed by atoms with Crippen LogP contribution in [0, 0.1) is 0 Å². The van der Waals surface area contributed by atoms with E-state index in [0.717, 1.165) is 0 Å². The maximum Gasteiger partial charge on any atom is 0.327 e. The van der Waals surface area contributed by atoms with Gasteiger partial charge in [-0.05, 0) is 6.07 Å². The first-order chi connectivity index (χ1) is 8.54. The van der Waals surface area contributed by atoms with Crippen LogP contribution in [0.1, 0.15) is 11.7 Å². The Kier molecular flexibility index (Phi) is 2.97. The third kappa shape index (κ3) is 1.90. The minimum Gasteiger partial charge on any atom is -0.504 e. The lowest BCUT2D eigenvalue weighted by Gasteiger charge is -2.33. The summed E-state index contributed by atoms with van der Waals surface area (Å²) in [5, 5.41) is 14.6. The number of carbonyl (C=O) groups excluding carboxylic acids is 2. The fraction of sp³-hybridized carbons (Fsp3) is 0.273. The standard InChI is InChI=1S/C11H13N3O4/c1-14-9(12-10(16)13-11(14)17)6-4-3-5-7(18-2)8(6)15/h3-5,9,15H,1-2H3,(H2,12,13,16,17). The molecule has 2 rings (SSSR count). The van der Waals surface area contributed by atoms with E-state index in [1.165, 1.54) is 19.1 Å². The van der Waals surface area contributed by atoms with E-state index in [2.05, 4.69) is 10.6 Å². The van der Waals surface area contributed by atoms with Crippen molar-refractivity contribution < 1.29 is 19.4 Å². The molecule has 0 spiro atoms. The Morgan fingerprint density at radius 3 is 2.78 bits per heavy atom. The second-order valence-corrected chi connectivity index (χ2v) is 3.82. The van der Waals surface area contributed by atoms with Crippen molar-refractivity contribution >= 4 is 12.1 Å². The van der Waals surface area contributed by atoms with Crippen molar-refractivity contribution in [3.05, 3.63) is 23.8 Å². The van der Waals surface area contributed by atoms with Crippen LogP contribution in [0.15, 0.2) is 18.2 Å². The summed E-state index contributed by atoms with van der Waals surface area (Å²) in [6.07, 6.45) is -0.735. The summed E-state index contributed by atoms with van der Waals surface area (Å²) >= 11 is 0. The van der Waals surface area contributed by atoms with Crippen LogP contribution in [-0.4, -0.2) is 36.2 Å². The van der Waals surface area contributed by atoms with Crippen LogP contribution >= 0.6 is 0 Å². The number of para-hydroxylation sites is 1. The molecule has 1 heterocycles. The molecule has 7 nitrogen and oxygen atoms in total. The third-order valence-corrected chi connectivity index (χ3v) is 2.74. The molecule has 1 saturated heterocycles. The van der Waals surface area contributed by atoms with Gasteiger partial charge in [0.05, 0.1) is 7.11 Å². The molecule has 18 heavy (non-hydrogen) atoms. The largest absolute Gasteiger partial charge is 0.504 e. The van der Waals surface area contributed by atoms with E-state index >= 15 is 0 Å². The van der Waals surface area contributed by atoms with Gasteiger partial charge in [-0.3, -0.25) is 5.32 Å². The van der Waals surface area contributed by atoms with Crippen LogP contribution in [0.25, 0.3) is 0 Å². The van der Waals surface area contributed by atoms with Gasteiger partial charge >= 0.3 is 12.1 Å². The average molecular weight is 251 g/mol. The van der Waals surface area contributed by atoms with E-state index in [1.807, 2.05) is 0 Å². The summed E-state index contributed by atoms with van der Waals surface area (Å²) in [7, 11) is 2.94. The number of nitrogens with one attached hydrogen (secondary N) is 2. The van der Waals surface area contributed by atoms with Crippen molar-refractivity contribution in [2.75, 3.05) is 14.2 Å². The summed E-state index contributed by atoms with van der Waals surface area (Å²) in [6.45, 7) is 0. The van der Waals surface area contributed by atoms with Gasteiger partial charge in [0, 0.05) is 12.6 Å². The minimum atomic E-state index is -0.735. The average Bonchev–Trinajstić information content (AvgIpc) is 2.34. The summed E-state index contributed by atoms with van der Waals surface area (Å²) < 4.78 is 4.98. The Labute approximate surface area is 103 Å². The number of ether oxygens (including phenoxy) is 1. The van der Waals surface area contributed by atoms with Crippen LogP contribution in [0.2, 0.25) is 0 Å². The molecule has 0 radical (unpaired) electrons. The molecule has 0 aromatic heterocycles. The van der Waals surface area contributed by atoms with Crippen LogP contribution in [0.5, 0.6) is 11.5 Å². The highest BCUT2D eigenvalue weighted by atomic mass is 16.5. The van der Waals surface area contributed by atoms with Gasteiger partial charge < -0.3 is 20.1 Å². The van der Waals surface area contributed by atoms with Gasteiger partial charge in [0.25, 0.3) is 0 Å². The van der Waals surface area contributed by atoms with Crippen molar-refractivity contribution in [2.45, 2.75) is 6.17 Å². The van der Waals surface area contributed by atoms with Crippen molar-refractivity contribution in [1.29, 1.82) is 0 Å². The number of amides is 4. The highest BCUT2D eigenvalue weighted by molar-refractivity contribution is 5.96. The van der Waals surface area contributed by atoms with Crippen LogP contribution in [0.3, 0.4) is 0 Å². The molecule has 0 saturated carbocycles. The lowest BCUT2D eigenvalue weighted by Crippen LogP contribution is -2.57. The SMILES string of the molecule is COc1cccc(C2NC(=O)NC(=O)N2C)c1O. The number of phenolic OH excluding ortho intramolecular Hbond substituents is 1. The van der Waals surface area contributed by atoms with Gasteiger partial charge in [0.15, 0.2) is 11.5 Å². The van der Waals surface area contributed by atoms with E-state index < -0.39 is 18.2 Å². The van der Waals surface area contributed by atoms with E-state index in [0.29, 0.717) is 5.56 Å². The van der Waals surface area contributed by atoms with Gasteiger partial charge in [-0.25, -0.2) is 9.59 Å². The zero-order valence-electron chi connectivity index (χ0n) is 9.93. The highest BCUT2D eigenvalue weighted by Gasteiger charge is 2.32. The second-order valence-electron chi connectivity index (χ2n) is 3.82. The molecule has 4 amide bonds. The van der Waals surface area contributed by atoms with E-state index in [-0.39, 0.29) is 11.5 Å². The van der Waals surface area contributed by atoms with Gasteiger partial charge in [0.1, 0.15) is 6.17 Å². The lowest BCUT2D eigenvalue weighted by molar-refractivity contribution is 0.158. The number of aromatic hydroxyl groups is 1. The second kappa shape index (κ2) is 4.44. The summed E-state index contributed by atoms with van der Waals surface area (Å²) in [5.74, 6) is 0.174. The number of urea groups is 2. The maximum atomic E-state index is 11.5. The summed E-state index contributed by atoms with van der Waals surface area (Å²) in [4.78, 5) is 24.1. The molecule has 96 valence electrons. The van der Waals surface area contributed by atoms with E-state index in [4.69, 9.17) is 4.74 Å². The molecule has 7 heteroatoms. The number of hydrogen-bond acceptors (Lipinski definition) is 4. The smallest absolute Gasteiger partial charge is 0.327 e. The zero-order valence-corrected chi connectivity index (χ0v) is 9.93. The molecule has 1 fully saturated rings. The first-order valence-electron chi connectivity index (χ1n) is 5.24. The number of hydrogen-bond donors (Lipinski definition) is 3. The third-order valence-electron chi connectivity index (χ3n) is 2.74. The number of phenols is 1. The van der Waals surface area contributed by atoms with Gasteiger partial charge in [-0.15, -0.1) is 0 Å². The Hall–Kier alpha value is -2.44. The van der Waals surface area contributed by atoms with Gasteiger partial charge in [-0.2, -0.15) is 0 Å². The topological polar surface area (TPSA) is 90.9 Å². The van der Waals surface area contributed by atoms with Crippen LogP contribution in [0.4, 0.5) is 9.59 Å². The number of methoxy groups -OCH3 is 1. The monoisotopic (exact) mass is 251 g/mol. The predicted molar refractivity (Wildman–Crippen MR) is 62.2 cm³/mol. The number of rotatable bonds is 2. The van der Waals surface area contributed by atoms with Crippen molar-refractivity contribution in [3.8, 4) is 11.5 Å². The lowest BCUT2D eigenvalue weighted by atomic mass is 10.1. The number of benzene rings is 1. The quantitative estimate of drug-likeness (QED) is 0.723. The van der Waals surface area contributed by atoms with Gasteiger partial charge in [-0.1, -0.05) is 12.1 Å². The molecular formula is C11H13N3O4. The fourth-order valence-corrected chi connectivity index (χ4v) is 1.77. The fourth-order valence-electron chi connectivity index (χ4n) is 1.77. The minimum absolute atomic E-state index is 0.105. The molecule has 3 N–H and O–H groups in total. The van der Waals surface area contributed by atoms with Crippen LogP contribution < -0.4 is 15.4 Å². The Bertz CT molecular complexity index is 503. The summed E-state index contributed by atoms with van der Waals surface area (Å²) in [6, 6.07) is 3.72. The predicted octanol–water partition coefficient (Wildman–Crippen LogP) is 0.764. The van der Waals surface area contributed by atoms with Crippen molar-refractivity contribution in [3.63, 3.8) is 0 Å².